The van der Waals surface area contributed by atoms with Gasteiger partial charge in [-0.2, -0.15) is 0 Å². The lowest BCUT2D eigenvalue weighted by atomic mass is 10.1. The SMILES string of the molecule is C=CC(=C)NC1CN(c2ccnc(NC(=O)Nc3ccc(-c4cc5c(N6CCOCC6)ncnc5[nH]4)cc3)c2)C1. The van der Waals surface area contributed by atoms with Gasteiger partial charge in [0.25, 0.3) is 0 Å². The molecule has 11 nitrogen and oxygen atoms in total. The fourth-order valence-corrected chi connectivity index (χ4v) is 4.91. The predicted molar refractivity (Wildman–Crippen MR) is 158 cm³/mol. The average molecular weight is 538 g/mol. The van der Waals surface area contributed by atoms with Gasteiger partial charge >= 0.3 is 6.03 Å². The summed E-state index contributed by atoms with van der Waals surface area (Å²) in [5.74, 6) is 1.39. The number of amides is 2. The number of pyridine rings is 1. The maximum atomic E-state index is 12.7. The molecule has 6 rings (SSSR count). The van der Waals surface area contributed by atoms with Gasteiger partial charge in [-0.15, -0.1) is 0 Å². The van der Waals surface area contributed by atoms with Gasteiger partial charge in [-0.3, -0.25) is 5.32 Å². The number of allylic oxidation sites excluding steroid dienone is 1. The molecule has 40 heavy (non-hydrogen) atoms. The molecular formula is C29H31N9O2. The Hall–Kier alpha value is -4.90. The Morgan fingerprint density at radius 3 is 2.60 bits per heavy atom. The molecule has 0 atom stereocenters. The van der Waals surface area contributed by atoms with Gasteiger partial charge in [-0.25, -0.2) is 19.7 Å². The van der Waals surface area contributed by atoms with Crippen LogP contribution in [0.1, 0.15) is 0 Å². The first-order valence-corrected chi connectivity index (χ1v) is 13.2. The second kappa shape index (κ2) is 11.1. The minimum atomic E-state index is -0.362. The second-order valence-corrected chi connectivity index (χ2v) is 9.77. The lowest BCUT2D eigenvalue weighted by Gasteiger charge is -2.42. The smallest absolute Gasteiger partial charge is 0.324 e. The molecule has 11 heteroatoms. The first kappa shape index (κ1) is 25.4. The number of hydrogen-bond acceptors (Lipinski definition) is 8. The van der Waals surface area contributed by atoms with E-state index in [1.807, 2.05) is 36.4 Å². The number of carbonyl (C=O) groups excluding carboxylic acids is 1. The van der Waals surface area contributed by atoms with Crippen LogP contribution in [0.5, 0.6) is 0 Å². The Kier molecular flexibility index (Phi) is 7.02. The van der Waals surface area contributed by atoms with Crippen molar-refractivity contribution in [2.75, 3.05) is 59.8 Å². The Morgan fingerprint density at radius 2 is 1.82 bits per heavy atom. The minimum absolute atomic E-state index is 0.324. The number of nitrogens with one attached hydrogen (secondary N) is 4. The van der Waals surface area contributed by atoms with Crippen LogP contribution in [-0.4, -0.2) is 71.4 Å². The Bertz CT molecular complexity index is 1540. The third-order valence-electron chi connectivity index (χ3n) is 7.04. The summed E-state index contributed by atoms with van der Waals surface area (Å²) in [4.78, 5) is 33.7. The van der Waals surface area contributed by atoms with Gasteiger partial charge in [0.2, 0.25) is 0 Å². The summed E-state index contributed by atoms with van der Waals surface area (Å²) in [5.41, 5.74) is 5.18. The molecule has 3 aromatic heterocycles. The highest BCUT2D eigenvalue weighted by atomic mass is 16.5. The van der Waals surface area contributed by atoms with E-state index in [-0.39, 0.29) is 6.03 Å². The van der Waals surface area contributed by atoms with Crippen LogP contribution < -0.4 is 25.8 Å². The molecular weight excluding hydrogens is 506 g/mol. The quantitative estimate of drug-likeness (QED) is 0.249. The third-order valence-corrected chi connectivity index (χ3v) is 7.04. The molecule has 2 aliphatic rings. The first-order valence-electron chi connectivity index (χ1n) is 13.2. The fourth-order valence-electron chi connectivity index (χ4n) is 4.91. The molecule has 2 amide bonds. The van der Waals surface area contributed by atoms with Crippen molar-refractivity contribution in [1.82, 2.24) is 25.3 Å². The fraction of sp³-hybridized carbons (Fsp3) is 0.241. The monoisotopic (exact) mass is 537 g/mol. The molecule has 204 valence electrons. The molecule has 4 aromatic rings. The molecule has 1 aromatic carbocycles. The number of urea groups is 1. The summed E-state index contributed by atoms with van der Waals surface area (Å²) in [6.07, 6.45) is 4.99. The van der Waals surface area contributed by atoms with E-state index >= 15 is 0 Å². The van der Waals surface area contributed by atoms with Crippen molar-refractivity contribution in [3.8, 4) is 11.3 Å². The number of aromatic nitrogens is 4. The van der Waals surface area contributed by atoms with Crippen LogP contribution in [0.15, 0.2) is 79.9 Å². The van der Waals surface area contributed by atoms with Crippen molar-refractivity contribution in [2.24, 2.45) is 0 Å². The zero-order chi connectivity index (χ0) is 27.5. The van der Waals surface area contributed by atoms with Crippen LogP contribution >= 0.6 is 0 Å². The molecule has 0 aliphatic carbocycles. The molecule has 4 N–H and O–H groups in total. The summed E-state index contributed by atoms with van der Waals surface area (Å²) in [7, 11) is 0. The summed E-state index contributed by atoms with van der Waals surface area (Å²) in [5, 5.41) is 9.99. The summed E-state index contributed by atoms with van der Waals surface area (Å²) in [6, 6.07) is 13.5. The van der Waals surface area contributed by atoms with Crippen LogP contribution in [0.4, 0.5) is 27.8 Å². The number of nitrogens with zero attached hydrogens (tertiary/aromatic N) is 5. The summed E-state index contributed by atoms with van der Waals surface area (Å²) >= 11 is 0. The molecule has 2 saturated heterocycles. The van der Waals surface area contributed by atoms with E-state index in [0.29, 0.717) is 30.8 Å². The van der Waals surface area contributed by atoms with Gasteiger partial charge in [0.15, 0.2) is 0 Å². The molecule has 2 fully saturated rings. The number of carbonyl (C=O) groups is 1. The maximum absolute atomic E-state index is 12.7. The Morgan fingerprint density at radius 1 is 1.02 bits per heavy atom. The number of aromatic amines is 1. The number of H-pyrrole nitrogens is 1. The molecule has 0 spiro atoms. The average Bonchev–Trinajstić information content (AvgIpc) is 3.40. The number of ether oxygens (including phenoxy) is 1. The number of anilines is 4. The van der Waals surface area contributed by atoms with Gasteiger partial charge in [0, 0.05) is 61.2 Å². The third kappa shape index (κ3) is 5.45. The van der Waals surface area contributed by atoms with E-state index < -0.39 is 0 Å². The largest absolute Gasteiger partial charge is 0.379 e. The minimum Gasteiger partial charge on any atom is -0.379 e. The van der Waals surface area contributed by atoms with Gasteiger partial charge in [0.05, 0.1) is 24.6 Å². The van der Waals surface area contributed by atoms with Crippen molar-refractivity contribution in [2.45, 2.75) is 6.04 Å². The number of rotatable bonds is 8. The number of fused-ring (bicyclic) bond motifs is 1. The number of hydrogen-bond donors (Lipinski definition) is 4. The van der Waals surface area contributed by atoms with Gasteiger partial charge in [0.1, 0.15) is 23.6 Å². The zero-order valence-electron chi connectivity index (χ0n) is 22.1. The van der Waals surface area contributed by atoms with Crippen LogP contribution in [0.25, 0.3) is 22.3 Å². The van der Waals surface area contributed by atoms with E-state index in [1.54, 1.807) is 18.6 Å². The van der Waals surface area contributed by atoms with Crippen molar-refractivity contribution in [3.05, 3.63) is 79.9 Å². The molecule has 5 heterocycles. The van der Waals surface area contributed by atoms with Crippen LogP contribution in [-0.2, 0) is 4.74 Å². The lowest BCUT2D eigenvalue weighted by molar-refractivity contribution is 0.122. The van der Waals surface area contributed by atoms with E-state index in [4.69, 9.17) is 4.74 Å². The standard InChI is InChI=1S/C29H31N9O2/c1-3-19(2)33-22-16-38(17-22)23-8-9-30-26(14-23)36-29(39)34-21-6-4-20(5-7-21)25-15-24-27(35-25)31-18-32-28(24)37-10-12-40-13-11-37/h3-9,14-15,18,22,33H,1-2,10-13,16-17H2,(H,31,32,35)(H2,30,34,36,39). The van der Waals surface area contributed by atoms with Gasteiger partial charge in [-0.05, 0) is 35.9 Å². The van der Waals surface area contributed by atoms with E-state index in [1.165, 1.54) is 0 Å². The summed E-state index contributed by atoms with van der Waals surface area (Å²) < 4.78 is 5.48. The van der Waals surface area contributed by atoms with Crippen molar-refractivity contribution in [3.63, 3.8) is 0 Å². The van der Waals surface area contributed by atoms with Crippen LogP contribution in [0, 0.1) is 0 Å². The normalized spacial score (nSPS) is 15.4. The van der Waals surface area contributed by atoms with E-state index in [9.17, 15) is 4.79 Å². The van der Waals surface area contributed by atoms with E-state index in [2.05, 4.69) is 64.9 Å². The highest BCUT2D eigenvalue weighted by molar-refractivity contribution is 5.99. The summed E-state index contributed by atoms with van der Waals surface area (Å²) in [6.45, 7) is 12.3. The topological polar surface area (TPSA) is 123 Å². The van der Waals surface area contributed by atoms with Crippen LogP contribution in [0.3, 0.4) is 0 Å². The second-order valence-electron chi connectivity index (χ2n) is 9.77. The lowest BCUT2D eigenvalue weighted by Crippen LogP contribution is -2.57. The van der Waals surface area contributed by atoms with Crippen molar-refractivity contribution < 1.29 is 9.53 Å². The Labute approximate surface area is 232 Å². The van der Waals surface area contributed by atoms with Crippen molar-refractivity contribution in [1.29, 1.82) is 0 Å². The molecule has 0 saturated carbocycles. The molecule has 0 unspecified atom stereocenters. The van der Waals surface area contributed by atoms with E-state index in [0.717, 1.165) is 65.7 Å². The molecule has 0 radical (unpaired) electrons. The van der Waals surface area contributed by atoms with Crippen molar-refractivity contribution >= 4 is 40.1 Å². The first-order chi connectivity index (χ1) is 19.6. The molecule has 0 bridgehead atoms. The number of morpholine rings is 1. The number of benzene rings is 1. The highest BCUT2D eigenvalue weighted by Gasteiger charge is 2.27. The van der Waals surface area contributed by atoms with Crippen LogP contribution in [0.2, 0.25) is 0 Å². The predicted octanol–water partition coefficient (Wildman–Crippen LogP) is 3.98. The maximum Gasteiger partial charge on any atom is 0.324 e. The van der Waals surface area contributed by atoms with Gasteiger partial charge < -0.3 is 30.2 Å². The molecule has 2 aliphatic heterocycles. The Balaban J connectivity index is 1.07. The highest BCUT2D eigenvalue weighted by Crippen LogP contribution is 2.30. The zero-order valence-corrected chi connectivity index (χ0v) is 22.1. The van der Waals surface area contributed by atoms with Gasteiger partial charge in [-0.1, -0.05) is 25.3 Å².